The smallest absolute Gasteiger partial charge is 0.186 e. The molecule has 2 saturated heterocycles. The van der Waals surface area contributed by atoms with E-state index in [0.717, 1.165) is 79.5 Å². The Kier molecular flexibility index (Phi) is 7.35. The highest BCUT2D eigenvalue weighted by molar-refractivity contribution is 7.85. The minimum absolute atomic E-state index is 0.0723. The molecule has 2 aliphatic rings. The van der Waals surface area contributed by atoms with Gasteiger partial charge in [-0.3, -0.25) is 4.90 Å². The number of aromatic nitrogens is 3. The van der Waals surface area contributed by atoms with Gasteiger partial charge in [-0.05, 0) is 24.6 Å². The molecule has 3 aromatic rings. The van der Waals surface area contributed by atoms with Crippen LogP contribution in [0.2, 0.25) is 0 Å². The molecule has 2 fully saturated rings. The van der Waals surface area contributed by atoms with E-state index in [4.69, 9.17) is 0 Å². The molecule has 0 radical (unpaired) electrons. The Bertz CT molecular complexity index is 1100. The molecular weight excluding hydrogens is 473 g/mol. The van der Waals surface area contributed by atoms with Crippen LogP contribution in [0.5, 0.6) is 0 Å². The number of imidazole rings is 1. The fraction of sp³-hybridized carbons (Fsp3) is 0.478. The summed E-state index contributed by atoms with van der Waals surface area (Å²) in [6.45, 7) is 9.84. The fourth-order valence-electron chi connectivity index (χ4n) is 4.45. The lowest BCUT2D eigenvalue weighted by molar-refractivity contribution is 0.181. The van der Waals surface area contributed by atoms with Crippen molar-refractivity contribution >= 4 is 27.5 Å². The van der Waals surface area contributed by atoms with E-state index < -0.39 is 11.0 Å². The first-order chi connectivity index (χ1) is 16.6. The van der Waals surface area contributed by atoms with Gasteiger partial charge in [0.25, 0.3) is 0 Å². The molecule has 1 aromatic carbocycles. The molecule has 0 amide bonds. The van der Waals surface area contributed by atoms with Crippen LogP contribution in [0.15, 0.2) is 47.2 Å². The van der Waals surface area contributed by atoms with Gasteiger partial charge in [0.1, 0.15) is 21.0 Å². The van der Waals surface area contributed by atoms with Crippen LogP contribution in [-0.4, -0.2) is 80.3 Å². The Morgan fingerprint density at radius 1 is 1.09 bits per heavy atom. The minimum atomic E-state index is -1.17. The molecule has 11 heteroatoms. The van der Waals surface area contributed by atoms with Crippen LogP contribution in [-0.2, 0) is 17.5 Å². The van der Waals surface area contributed by atoms with Crippen LogP contribution >= 0.6 is 11.3 Å². The number of anilines is 1. The van der Waals surface area contributed by atoms with Gasteiger partial charge in [0.15, 0.2) is 5.13 Å². The second-order valence-corrected chi connectivity index (χ2v) is 11.4. The molecule has 2 aromatic heterocycles. The van der Waals surface area contributed by atoms with E-state index in [9.17, 15) is 8.60 Å². The van der Waals surface area contributed by atoms with Crippen molar-refractivity contribution in [2.24, 2.45) is 0 Å². The van der Waals surface area contributed by atoms with Gasteiger partial charge in [0.05, 0.1) is 24.3 Å². The predicted molar refractivity (Wildman–Crippen MR) is 133 cm³/mol. The van der Waals surface area contributed by atoms with E-state index in [2.05, 4.69) is 36.6 Å². The molecule has 2 unspecified atom stereocenters. The average Bonchev–Trinajstić information content (AvgIpc) is 3.55. The molecule has 2 atom stereocenters. The second-order valence-electron chi connectivity index (χ2n) is 8.67. The Balaban J connectivity index is 1.17. The maximum Gasteiger partial charge on any atom is 0.186 e. The third kappa shape index (κ3) is 5.23. The lowest BCUT2D eigenvalue weighted by Crippen LogP contribution is -2.46. The molecule has 0 saturated carbocycles. The summed E-state index contributed by atoms with van der Waals surface area (Å²) in [6, 6.07) is 6.72. The van der Waals surface area contributed by atoms with Gasteiger partial charge < -0.3 is 14.8 Å². The third-order valence-corrected chi connectivity index (χ3v) is 9.31. The molecule has 8 nitrogen and oxygen atoms in total. The number of halogens is 1. The van der Waals surface area contributed by atoms with E-state index in [-0.39, 0.29) is 11.9 Å². The molecule has 182 valence electrons. The van der Waals surface area contributed by atoms with Crippen LogP contribution < -0.4 is 10.2 Å². The van der Waals surface area contributed by atoms with Gasteiger partial charge in [0.2, 0.25) is 0 Å². The fourth-order valence-corrected chi connectivity index (χ4v) is 6.87. The molecular formula is C23H30FN7OS2. The zero-order chi connectivity index (χ0) is 23.5. The lowest BCUT2D eigenvalue weighted by Gasteiger charge is -2.33. The number of rotatable bonds is 7. The Morgan fingerprint density at radius 2 is 1.82 bits per heavy atom. The summed E-state index contributed by atoms with van der Waals surface area (Å²) < 4.78 is 31.5. The Morgan fingerprint density at radius 3 is 2.56 bits per heavy atom. The van der Waals surface area contributed by atoms with Crippen molar-refractivity contribution in [2.45, 2.75) is 23.7 Å². The second kappa shape index (κ2) is 10.6. The molecule has 34 heavy (non-hydrogen) atoms. The predicted octanol–water partition coefficient (Wildman–Crippen LogP) is 2.34. The first-order valence-corrected chi connectivity index (χ1v) is 13.6. The minimum Gasteiger partial charge on any atom is -0.346 e. The van der Waals surface area contributed by atoms with Crippen LogP contribution in [0.25, 0.3) is 0 Å². The van der Waals surface area contributed by atoms with Gasteiger partial charge in [-0.15, -0.1) is 0 Å². The summed E-state index contributed by atoms with van der Waals surface area (Å²) in [5.41, 5.74) is 2.17. The normalized spacial score (nSPS) is 19.9. The summed E-state index contributed by atoms with van der Waals surface area (Å²) in [5.74, 6) is -0.226. The number of benzene rings is 1. The highest BCUT2D eigenvalue weighted by Crippen LogP contribution is 2.27. The summed E-state index contributed by atoms with van der Waals surface area (Å²) in [5, 5.41) is 4.31. The van der Waals surface area contributed by atoms with Crippen molar-refractivity contribution in [1.82, 2.24) is 29.1 Å². The zero-order valence-electron chi connectivity index (χ0n) is 19.3. The lowest BCUT2D eigenvalue weighted by atomic mass is 10.1. The molecule has 4 heterocycles. The molecule has 0 aliphatic carbocycles. The topological polar surface area (TPSA) is 69.5 Å². The molecule has 0 spiro atoms. The van der Waals surface area contributed by atoms with Crippen LogP contribution in [0, 0.1) is 5.82 Å². The van der Waals surface area contributed by atoms with E-state index in [0.29, 0.717) is 0 Å². The first kappa shape index (κ1) is 23.6. The van der Waals surface area contributed by atoms with Crippen molar-refractivity contribution in [3.05, 3.63) is 60.1 Å². The van der Waals surface area contributed by atoms with Gasteiger partial charge >= 0.3 is 0 Å². The van der Waals surface area contributed by atoms with Crippen molar-refractivity contribution in [3.8, 4) is 0 Å². The monoisotopic (exact) mass is 503 g/mol. The number of hydrogen-bond acceptors (Lipinski definition) is 7. The van der Waals surface area contributed by atoms with Crippen molar-refractivity contribution in [2.75, 3.05) is 57.3 Å². The SMILES string of the molecule is CC(c1ccc(F)cc1)n1cncc1CN1CCN(S(=O)c2cnc(N3CCNCC3)s2)CC1. The standard InChI is InChI=1S/C23H30FN7OS2/c1-18(19-2-4-20(24)5-3-19)31-17-26-14-21(31)16-28-10-12-30(13-11-28)34(32)22-15-27-23(33-22)29-8-6-25-7-9-29/h2-5,14-15,17-18,25H,6-13,16H2,1H3. The summed E-state index contributed by atoms with van der Waals surface area (Å²) in [6.07, 6.45) is 5.52. The van der Waals surface area contributed by atoms with Crippen LogP contribution in [0.3, 0.4) is 0 Å². The van der Waals surface area contributed by atoms with Gasteiger partial charge in [0, 0.05) is 65.1 Å². The first-order valence-electron chi connectivity index (χ1n) is 11.7. The molecule has 1 N–H and O–H groups in total. The third-order valence-electron chi connectivity index (χ3n) is 6.50. The molecule has 0 bridgehead atoms. The van der Waals surface area contributed by atoms with Crippen molar-refractivity contribution in [1.29, 1.82) is 0 Å². The number of thiazole rings is 1. The Labute approximate surface area is 206 Å². The number of nitrogens with one attached hydrogen (secondary N) is 1. The van der Waals surface area contributed by atoms with E-state index in [1.165, 1.54) is 12.1 Å². The maximum atomic E-state index is 13.3. The number of nitrogens with zero attached hydrogens (tertiary/aromatic N) is 6. The summed E-state index contributed by atoms with van der Waals surface area (Å²) in [4.78, 5) is 13.5. The Hall–Kier alpha value is -2.18. The van der Waals surface area contributed by atoms with Crippen molar-refractivity contribution in [3.63, 3.8) is 0 Å². The maximum absolute atomic E-state index is 13.3. The van der Waals surface area contributed by atoms with E-state index in [1.807, 2.05) is 29.0 Å². The average molecular weight is 504 g/mol. The summed E-state index contributed by atoms with van der Waals surface area (Å²) >= 11 is 1.55. The van der Waals surface area contributed by atoms with Crippen molar-refractivity contribution < 1.29 is 8.60 Å². The molecule has 5 rings (SSSR count). The van der Waals surface area contributed by atoms with E-state index >= 15 is 0 Å². The highest BCUT2D eigenvalue weighted by atomic mass is 32.2. The summed E-state index contributed by atoms with van der Waals surface area (Å²) in [7, 11) is -1.17. The zero-order valence-corrected chi connectivity index (χ0v) is 20.9. The van der Waals surface area contributed by atoms with Gasteiger partial charge in [-0.25, -0.2) is 22.9 Å². The number of piperazine rings is 2. The van der Waals surface area contributed by atoms with Crippen LogP contribution in [0.1, 0.15) is 24.2 Å². The van der Waals surface area contributed by atoms with Gasteiger partial charge in [-0.1, -0.05) is 23.5 Å². The van der Waals surface area contributed by atoms with Crippen LogP contribution in [0.4, 0.5) is 9.52 Å². The highest BCUT2D eigenvalue weighted by Gasteiger charge is 2.25. The number of hydrogen-bond donors (Lipinski definition) is 1. The largest absolute Gasteiger partial charge is 0.346 e. The van der Waals surface area contributed by atoms with Gasteiger partial charge in [-0.2, -0.15) is 0 Å². The van der Waals surface area contributed by atoms with E-state index in [1.54, 1.807) is 17.5 Å². The quantitative estimate of drug-likeness (QED) is 0.534. The molecule has 2 aliphatic heterocycles.